The minimum Gasteiger partial charge on any atom is -0.497 e. The molecule has 0 aromatic heterocycles. The van der Waals surface area contributed by atoms with Crippen LogP contribution in [0, 0.1) is 0 Å². The van der Waals surface area contributed by atoms with Gasteiger partial charge in [0.1, 0.15) is 17.2 Å². The predicted octanol–water partition coefficient (Wildman–Crippen LogP) is 5.02. The summed E-state index contributed by atoms with van der Waals surface area (Å²) >= 11 is 0. The van der Waals surface area contributed by atoms with Crippen LogP contribution < -0.4 is 19.9 Å². The first-order valence-electron chi connectivity index (χ1n) is 8.98. The quantitative estimate of drug-likeness (QED) is 0.679. The third-order valence-electron chi connectivity index (χ3n) is 4.75. The van der Waals surface area contributed by atoms with Gasteiger partial charge in [-0.1, -0.05) is 12.1 Å². The Bertz CT molecular complexity index is 995. The van der Waals surface area contributed by atoms with Crippen molar-refractivity contribution in [2.24, 2.45) is 0 Å². The molecule has 0 atom stereocenters. The van der Waals surface area contributed by atoms with E-state index < -0.39 is 0 Å². The first kappa shape index (κ1) is 17.9. The van der Waals surface area contributed by atoms with Gasteiger partial charge in [-0.15, -0.1) is 0 Å². The molecule has 3 aromatic rings. The Morgan fingerprint density at radius 3 is 1.82 bits per heavy atom. The normalized spacial score (nSPS) is 13.0. The number of nitrogens with zero attached hydrogens (tertiary/aromatic N) is 1. The molecule has 1 heterocycles. The Morgan fingerprint density at radius 2 is 1.25 bits per heavy atom. The van der Waals surface area contributed by atoms with Crippen LogP contribution >= 0.6 is 0 Å². The zero-order chi connectivity index (χ0) is 19.5. The van der Waals surface area contributed by atoms with E-state index in [1.54, 1.807) is 21.3 Å². The highest BCUT2D eigenvalue weighted by atomic mass is 16.7. The van der Waals surface area contributed by atoms with Crippen LogP contribution in [0.1, 0.15) is 11.1 Å². The van der Waals surface area contributed by atoms with Crippen LogP contribution in [0.4, 0.5) is 11.4 Å². The first-order valence-corrected chi connectivity index (χ1v) is 8.98. The van der Waals surface area contributed by atoms with Crippen molar-refractivity contribution >= 4 is 22.8 Å². The number of methoxy groups -OCH3 is 2. The summed E-state index contributed by atoms with van der Waals surface area (Å²) in [7, 11) is 5.01. The lowest BCUT2D eigenvalue weighted by Crippen LogP contribution is -2.27. The number of hydroxylamine groups is 1. The van der Waals surface area contributed by atoms with Crippen molar-refractivity contribution < 1.29 is 14.3 Å². The molecule has 1 N–H and O–H groups in total. The van der Waals surface area contributed by atoms with Crippen molar-refractivity contribution in [1.29, 1.82) is 0 Å². The summed E-state index contributed by atoms with van der Waals surface area (Å²) < 4.78 is 10.6. The fourth-order valence-corrected chi connectivity index (χ4v) is 3.34. The zero-order valence-corrected chi connectivity index (χ0v) is 16.1. The van der Waals surface area contributed by atoms with Crippen molar-refractivity contribution in [3.05, 3.63) is 83.9 Å². The van der Waals surface area contributed by atoms with Crippen LogP contribution in [0.3, 0.4) is 0 Å². The van der Waals surface area contributed by atoms with Crippen LogP contribution in [-0.2, 0) is 4.84 Å². The molecule has 0 amide bonds. The summed E-state index contributed by atoms with van der Waals surface area (Å²) in [5, 5.41) is 5.43. The second kappa shape index (κ2) is 7.66. The van der Waals surface area contributed by atoms with Crippen LogP contribution in [0.5, 0.6) is 11.5 Å². The van der Waals surface area contributed by atoms with Gasteiger partial charge in [0.05, 0.1) is 38.4 Å². The van der Waals surface area contributed by atoms with E-state index in [-0.39, 0.29) is 0 Å². The molecule has 0 aliphatic carbocycles. The molecule has 0 unspecified atom stereocenters. The number of para-hydroxylation sites is 2. The van der Waals surface area contributed by atoms with Gasteiger partial charge in [0.25, 0.3) is 0 Å². The van der Waals surface area contributed by atoms with E-state index in [1.807, 2.05) is 77.9 Å². The number of hydrogen-bond acceptors (Lipinski definition) is 5. The van der Waals surface area contributed by atoms with Gasteiger partial charge in [0.15, 0.2) is 0 Å². The highest BCUT2D eigenvalue weighted by Gasteiger charge is 2.27. The number of anilines is 2. The van der Waals surface area contributed by atoms with E-state index in [0.29, 0.717) is 0 Å². The molecule has 0 spiro atoms. The standard InChI is InChI=1S/C23H22N2O3/c1-26-18-12-8-16(9-13-18)22-23(17-10-14-19(27-2)15-11-17)25(28-3)21-7-5-4-6-20(21)24-22/h4-15,24H,1-3H3. The number of ether oxygens (including phenoxy) is 2. The molecular weight excluding hydrogens is 352 g/mol. The Morgan fingerprint density at radius 1 is 0.679 bits per heavy atom. The lowest BCUT2D eigenvalue weighted by Gasteiger charge is -2.34. The van der Waals surface area contributed by atoms with E-state index in [1.165, 1.54) is 0 Å². The molecule has 0 bridgehead atoms. The monoisotopic (exact) mass is 374 g/mol. The smallest absolute Gasteiger partial charge is 0.118 e. The largest absolute Gasteiger partial charge is 0.497 e. The van der Waals surface area contributed by atoms with Gasteiger partial charge in [-0.3, -0.25) is 4.84 Å². The molecule has 5 heteroatoms. The van der Waals surface area contributed by atoms with Gasteiger partial charge in [0, 0.05) is 11.1 Å². The van der Waals surface area contributed by atoms with Crippen molar-refractivity contribution in [2.75, 3.05) is 31.7 Å². The minimum atomic E-state index is 0.809. The first-order chi connectivity index (χ1) is 13.7. The molecule has 1 aliphatic rings. The summed E-state index contributed by atoms with van der Waals surface area (Å²) in [4.78, 5) is 5.82. The van der Waals surface area contributed by atoms with E-state index in [4.69, 9.17) is 14.3 Å². The van der Waals surface area contributed by atoms with Crippen LogP contribution in [0.25, 0.3) is 11.4 Å². The number of fused-ring (bicyclic) bond motifs is 1. The number of rotatable bonds is 5. The van der Waals surface area contributed by atoms with Crippen LogP contribution in [-0.4, -0.2) is 21.3 Å². The third kappa shape index (κ3) is 3.17. The highest BCUT2D eigenvalue weighted by molar-refractivity contribution is 6.06. The molecule has 4 rings (SSSR count). The van der Waals surface area contributed by atoms with Crippen molar-refractivity contribution in [1.82, 2.24) is 0 Å². The predicted molar refractivity (Wildman–Crippen MR) is 112 cm³/mol. The summed E-state index contributed by atoms with van der Waals surface area (Å²) in [6, 6.07) is 24.0. The molecule has 0 radical (unpaired) electrons. The molecule has 1 aliphatic heterocycles. The molecule has 142 valence electrons. The lowest BCUT2D eigenvalue weighted by atomic mass is 10.0. The molecular formula is C23H22N2O3. The molecule has 0 saturated carbocycles. The Kier molecular flexibility index (Phi) is 4.91. The molecule has 3 aromatic carbocycles. The zero-order valence-electron chi connectivity index (χ0n) is 16.1. The van der Waals surface area contributed by atoms with Crippen LogP contribution in [0.2, 0.25) is 0 Å². The Hall–Kier alpha value is -3.44. The number of nitrogens with one attached hydrogen (secondary N) is 1. The fraction of sp³-hybridized carbons (Fsp3) is 0.130. The van der Waals surface area contributed by atoms with E-state index in [0.717, 1.165) is 45.4 Å². The topological polar surface area (TPSA) is 43.0 Å². The van der Waals surface area contributed by atoms with E-state index >= 15 is 0 Å². The molecule has 28 heavy (non-hydrogen) atoms. The van der Waals surface area contributed by atoms with Gasteiger partial charge >= 0.3 is 0 Å². The maximum atomic E-state index is 5.82. The Labute approximate surface area is 164 Å². The maximum Gasteiger partial charge on any atom is 0.118 e. The van der Waals surface area contributed by atoms with Crippen molar-refractivity contribution in [3.8, 4) is 11.5 Å². The lowest BCUT2D eigenvalue weighted by molar-refractivity contribution is 0.204. The summed E-state index contributed by atoms with van der Waals surface area (Å²) in [6.07, 6.45) is 0. The van der Waals surface area contributed by atoms with Gasteiger partial charge in [0.2, 0.25) is 0 Å². The number of benzene rings is 3. The fourth-order valence-electron chi connectivity index (χ4n) is 3.34. The van der Waals surface area contributed by atoms with Gasteiger partial charge < -0.3 is 14.8 Å². The highest BCUT2D eigenvalue weighted by Crippen LogP contribution is 2.42. The van der Waals surface area contributed by atoms with Gasteiger partial charge in [-0.25, -0.2) is 5.06 Å². The average Bonchev–Trinajstić information content (AvgIpc) is 2.78. The van der Waals surface area contributed by atoms with Crippen molar-refractivity contribution in [3.63, 3.8) is 0 Å². The van der Waals surface area contributed by atoms with Crippen molar-refractivity contribution in [2.45, 2.75) is 0 Å². The van der Waals surface area contributed by atoms with E-state index in [9.17, 15) is 0 Å². The Balaban J connectivity index is 1.91. The summed E-state index contributed by atoms with van der Waals surface area (Å²) in [5.74, 6) is 1.62. The summed E-state index contributed by atoms with van der Waals surface area (Å²) in [5.41, 5.74) is 5.85. The second-order valence-electron chi connectivity index (χ2n) is 6.30. The SMILES string of the molecule is COc1ccc(C2=C(c3ccc(OC)cc3)N(OC)c3ccccc3N2)cc1. The third-order valence-corrected chi connectivity index (χ3v) is 4.75. The van der Waals surface area contributed by atoms with Gasteiger partial charge in [-0.05, 0) is 60.7 Å². The van der Waals surface area contributed by atoms with E-state index in [2.05, 4.69) is 5.32 Å². The number of hydrogen-bond donors (Lipinski definition) is 1. The minimum absolute atomic E-state index is 0.809. The average molecular weight is 374 g/mol. The molecule has 0 fully saturated rings. The second-order valence-corrected chi connectivity index (χ2v) is 6.30. The summed E-state index contributed by atoms with van der Waals surface area (Å²) in [6.45, 7) is 0. The molecule has 5 nitrogen and oxygen atoms in total. The van der Waals surface area contributed by atoms with Crippen LogP contribution in [0.15, 0.2) is 72.8 Å². The molecule has 0 saturated heterocycles. The maximum absolute atomic E-state index is 5.82. The van der Waals surface area contributed by atoms with Gasteiger partial charge in [-0.2, -0.15) is 0 Å².